The number of nitrogens with one attached hydrogen (secondary N) is 1. The number of carbonyl (C=O) groups is 4. The average Bonchev–Trinajstić information content (AvgIpc) is 3.37. The minimum absolute atomic E-state index is 0.0603. The minimum atomic E-state index is -1.09. The molecule has 4 rings (SSSR count). The fourth-order valence-electron chi connectivity index (χ4n) is 3.92. The van der Waals surface area contributed by atoms with Crippen molar-refractivity contribution in [2.24, 2.45) is 5.10 Å². The number of aromatic nitrogens is 1. The number of nitrogens with zero attached hydrogens (tertiary/aromatic N) is 3. The number of aromatic carboxylic acids is 1. The van der Waals surface area contributed by atoms with Crippen LogP contribution in [0.5, 0.6) is 0 Å². The first-order valence-corrected chi connectivity index (χ1v) is 11.2. The van der Waals surface area contributed by atoms with Gasteiger partial charge in [0.25, 0.3) is 5.91 Å². The van der Waals surface area contributed by atoms with E-state index in [1.54, 1.807) is 30.7 Å². The van der Waals surface area contributed by atoms with E-state index in [9.17, 15) is 19.2 Å². The summed E-state index contributed by atoms with van der Waals surface area (Å²) in [5.41, 5.74) is 1.96. The number of carboxylic acids is 1. The number of anilines is 1. The molecule has 1 aromatic heterocycles. The van der Waals surface area contributed by atoms with Crippen molar-refractivity contribution in [1.29, 1.82) is 0 Å². The molecule has 0 bridgehead atoms. The van der Waals surface area contributed by atoms with Gasteiger partial charge in [-0.25, -0.2) is 9.59 Å². The molecule has 0 saturated carbocycles. The lowest BCUT2D eigenvalue weighted by Gasteiger charge is -2.13. The van der Waals surface area contributed by atoms with E-state index >= 15 is 0 Å². The Morgan fingerprint density at radius 3 is 2.47 bits per heavy atom. The van der Waals surface area contributed by atoms with Gasteiger partial charge in [-0.05, 0) is 50.3 Å². The highest BCUT2D eigenvalue weighted by Crippen LogP contribution is 2.30. The molecule has 0 radical (unpaired) electrons. The van der Waals surface area contributed by atoms with E-state index in [1.165, 1.54) is 31.2 Å². The fourth-order valence-corrected chi connectivity index (χ4v) is 3.92. The van der Waals surface area contributed by atoms with Gasteiger partial charge >= 0.3 is 11.9 Å². The first-order valence-electron chi connectivity index (χ1n) is 11.2. The largest absolute Gasteiger partial charge is 0.478 e. The van der Waals surface area contributed by atoms with Crippen LogP contribution in [0.15, 0.2) is 65.4 Å². The van der Waals surface area contributed by atoms with Gasteiger partial charge in [0.1, 0.15) is 6.04 Å². The number of ether oxygens (including phenoxy) is 1. The maximum atomic E-state index is 13.4. The van der Waals surface area contributed by atoms with E-state index < -0.39 is 23.8 Å². The maximum Gasteiger partial charge on any atom is 0.335 e. The summed E-state index contributed by atoms with van der Waals surface area (Å²) in [5.74, 6) is -2.33. The number of carboxylic acid groups (broad SMARTS) is 1. The van der Waals surface area contributed by atoms with Crippen molar-refractivity contribution in [3.8, 4) is 0 Å². The summed E-state index contributed by atoms with van der Waals surface area (Å²) in [7, 11) is 0. The monoisotopic (exact) mass is 488 g/mol. The van der Waals surface area contributed by atoms with Crippen LogP contribution in [0.25, 0.3) is 17.0 Å². The number of para-hydroxylation sites is 1. The van der Waals surface area contributed by atoms with E-state index in [4.69, 9.17) is 9.84 Å². The number of amidine groups is 1. The van der Waals surface area contributed by atoms with Gasteiger partial charge in [-0.3, -0.25) is 9.59 Å². The maximum absolute atomic E-state index is 13.4. The topological polar surface area (TPSA) is 130 Å². The van der Waals surface area contributed by atoms with Crippen LogP contribution in [-0.2, 0) is 19.1 Å². The Morgan fingerprint density at radius 2 is 1.83 bits per heavy atom. The molecule has 0 saturated heterocycles. The number of esters is 1. The van der Waals surface area contributed by atoms with Crippen molar-refractivity contribution >= 4 is 52.3 Å². The van der Waals surface area contributed by atoms with Crippen LogP contribution < -0.4 is 10.3 Å². The van der Waals surface area contributed by atoms with Crippen LogP contribution in [0.2, 0.25) is 0 Å². The van der Waals surface area contributed by atoms with Gasteiger partial charge in [0.2, 0.25) is 5.91 Å². The molecule has 2 amide bonds. The molecule has 10 heteroatoms. The van der Waals surface area contributed by atoms with Crippen molar-refractivity contribution in [2.75, 3.05) is 11.6 Å². The van der Waals surface area contributed by atoms with Gasteiger partial charge in [-0.15, -0.1) is 5.10 Å². The Labute approximate surface area is 206 Å². The first-order chi connectivity index (χ1) is 17.2. The third-order valence-corrected chi connectivity index (χ3v) is 5.65. The number of hydrazone groups is 1. The number of rotatable bonds is 6. The molecule has 3 aromatic rings. The predicted octanol–water partition coefficient (Wildman–Crippen LogP) is 3.34. The highest BCUT2D eigenvalue weighted by Gasteiger charge is 2.32. The zero-order valence-electron chi connectivity index (χ0n) is 19.9. The molecule has 1 atom stereocenters. The fraction of sp³-hybridized carbons (Fsp3) is 0.192. The molecule has 2 aromatic carbocycles. The van der Waals surface area contributed by atoms with Crippen molar-refractivity contribution in [3.05, 3.63) is 71.4 Å². The van der Waals surface area contributed by atoms with Gasteiger partial charge in [-0.1, -0.05) is 18.2 Å². The SMILES string of the molecule is CCOC(=O)C(C)n1cc(/C=C2\C(=O)N(c3ccc(C(=O)O)cc3)N=C2NC(C)=O)c2ccccc21. The summed E-state index contributed by atoms with van der Waals surface area (Å²) in [6.45, 7) is 5.04. The van der Waals surface area contributed by atoms with Gasteiger partial charge < -0.3 is 19.7 Å². The second kappa shape index (κ2) is 9.87. The standard InChI is InChI=1S/C26H24N4O6/c1-4-36-26(35)15(2)29-14-18(20-7-5-6-8-22(20)29)13-21-23(27-16(3)31)28-30(24(21)32)19-11-9-17(10-12-19)25(33)34/h5-15H,4H2,1-3H3,(H,33,34)(H,27,28,31)/b21-13-. The van der Waals surface area contributed by atoms with Crippen LogP contribution in [0.3, 0.4) is 0 Å². The minimum Gasteiger partial charge on any atom is -0.478 e. The third kappa shape index (κ3) is 4.61. The normalized spacial score (nSPS) is 15.2. The van der Waals surface area contributed by atoms with Gasteiger partial charge in [-0.2, -0.15) is 5.01 Å². The van der Waals surface area contributed by atoms with Gasteiger partial charge in [0.05, 0.1) is 23.4 Å². The summed E-state index contributed by atoms with van der Waals surface area (Å²) < 4.78 is 6.95. The lowest BCUT2D eigenvalue weighted by atomic mass is 10.1. The first kappa shape index (κ1) is 24.4. The molecular formula is C26H24N4O6. The van der Waals surface area contributed by atoms with Crippen LogP contribution in [0.4, 0.5) is 5.69 Å². The number of amides is 2. The van der Waals surface area contributed by atoms with Gasteiger partial charge in [0.15, 0.2) is 5.84 Å². The van der Waals surface area contributed by atoms with Crippen molar-refractivity contribution in [2.45, 2.75) is 26.8 Å². The Morgan fingerprint density at radius 1 is 1.14 bits per heavy atom. The quantitative estimate of drug-likeness (QED) is 0.404. The Hall–Kier alpha value is -4.73. The van der Waals surface area contributed by atoms with Crippen LogP contribution in [0.1, 0.15) is 42.7 Å². The summed E-state index contributed by atoms with van der Waals surface area (Å²) >= 11 is 0. The zero-order valence-corrected chi connectivity index (χ0v) is 19.9. The molecule has 1 aliphatic heterocycles. The lowest BCUT2D eigenvalue weighted by Crippen LogP contribution is -2.29. The molecule has 1 unspecified atom stereocenters. The Kier molecular flexibility index (Phi) is 6.69. The van der Waals surface area contributed by atoms with Crippen molar-refractivity contribution < 1.29 is 29.0 Å². The lowest BCUT2D eigenvalue weighted by molar-refractivity contribution is -0.146. The summed E-state index contributed by atoms with van der Waals surface area (Å²) in [6.07, 6.45) is 3.36. The van der Waals surface area contributed by atoms with Crippen LogP contribution in [-0.4, -0.2) is 45.9 Å². The Balaban J connectivity index is 1.78. The number of fused-ring (bicyclic) bond motifs is 1. The molecule has 1 aliphatic rings. The Bertz CT molecular complexity index is 1430. The van der Waals surface area contributed by atoms with Crippen LogP contribution in [0, 0.1) is 0 Å². The number of hydrogen-bond acceptors (Lipinski definition) is 6. The molecule has 0 spiro atoms. The average molecular weight is 489 g/mol. The van der Waals surface area contributed by atoms with E-state index in [1.807, 2.05) is 24.3 Å². The molecular weight excluding hydrogens is 464 g/mol. The summed E-state index contributed by atoms with van der Waals surface area (Å²) in [4.78, 5) is 48.8. The highest BCUT2D eigenvalue weighted by molar-refractivity contribution is 6.34. The number of benzene rings is 2. The molecule has 10 nitrogen and oxygen atoms in total. The molecule has 2 N–H and O–H groups in total. The summed E-state index contributed by atoms with van der Waals surface area (Å²) in [6, 6.07) is 12.5. The molecule has 2 heterocycles. The molecule has 184 valence electrons. The van der Waals surface area contributed by atoms with E-state index in [2.05, 4.69) is 10.4 Å². The third-order valence-electron chi connectivity index (χ3n) is 5.65. The number of hydrogen-bond donors (Lipinski definition) is 2. The van der Waals surface area contributed by atoms with Gasteiger partial charge in [0, 0.05) is 29.6 Å². The molecule has 36 heavy (non-hydrogen) atoms. The smallest absolute Gasteiger partial charge is 0.335 e. The van der Waals surface area contributed by atoms with Crippen molar-refractivity contribution in [1.82, 2.24) is 9.88 Å². The predicted molar refractivity (Wildman–Crippen MR) is 133 cm³/mol. The van der Waals surface area contributed by atoms with E-state index in [0.29, 0.717) is 11.3 Å². The number of carbonyl (C=O) groups excluding carboxylic acids is 3. The second-order valence-corrected chi connectivity index (χ2v) is 8.09. The van der Waals surface area contributed by atoms with Crippen molar-refractivity contribution in [3.63, 3.8) is 0 Å². The van der Waals surface area contributed by atoms with E-state index in [0.717, 1.165) is 15.9 Å². The highest BCUT2D eigenvalue weighted by atomic mass is 16.5. The zero-order chi connectivity index (χ0) is 26.0. The van der Waals surface area contributed by atoms with E-state index in [-0.39, 0.29) is 29.5 Å². The second-order valence-electron chi connectivity index (χ2n) is 8.09. The molecule has 0 fully saturated rings. The molecule has 0 aliphatic carbocycles. The van der Waals surface area contributed by atoms with Crippen LogP contribution >= 0.6 is 0 Å². The summed E-state index contributed by atoms with van der Waals surface area (Å²) in [5, 5.41) is 17.9.